The fourth-order valence-electron chi connectivity index (χ4n) is 3.39. The predicted molar refractivity (Wildman–Crippen MR) is 102 cm³/mol. The van der Waals surface area contributed by atoms with Gasteiger partial charge in [0.25, 0.3) is 5.56 Å². The van der Waals surface area contributed by atoms with E-state index in [1.54, 1.807) is 25.3 Å². The van der Waals surface area contributed by atoms with Gasteiger partial charge in [-0.05, 0) is 25.0 Å². The first-order chi connectivity index (χ1) is 13.6. The molecule has 2 aromatic rings. The molecule has 0 spiro atoms. The standard InChI is InChI=1S/C19H22N4O5/c1-26-11-14-9-18(25)23(19(21-14)22-6-2-3-7-22)10-17(24)20-13-4-5-15-16(8-13)28-12-27-15/h4-5,8-9H,2-3,6-7,10-12H2,1H3,(H,20,24). The Morgan fingerprint density at radius 1 is 1.21 bits per heavy atom. The molecule has 9 nitrogen and oxygen atoms in total. The molecule has 1 aromatic heterocycles. The second kappa shape index (κ2) is 7.89. The Hall–Kier alpha value is -3.07. The van der Waals surface area contributed by atoms with Gasteiger partial charge >= 0.3 is 0 Å². The van der Waals surface area contributed by atoms with E-state index in [1.165, 1.54) is 10.6 Å². The van der Waals surface area contributed by atoms with Crippen molar-refractivity contribution in [3.63, 3.8) is 0 Å². The second-order valence-electron chi connectivity index (χ2n) is 6.72. The van der Waals surface area contributed by atoms with Gasteiger partial charge in [-0.15, -0.1) is 0 Å². The first kappa shape index (κ1) is 18.3. The minimum Gasteiger partial charge on any atom is -0.454 e. The van der Waals surface area contributed by atoms with Crippen molar-refractivity contribution >= 4 is 17.5 Å². The number of rotatable bonds is 6. The van der Waals surface area contributed by atoms with Crippen molar-refractivity contribution in [3.05, 3.63) is 40.3 Å². The number of nitrogens with one attached hydrogen (secondary N) is 1. The highest BCUT2D eigenvalue weighted by Crippen LogP contribution is 2.34. The van der Waals surface area contributed by atoms with Crippen LogP contribution in [0.25, 0.3) is 0 Å². The minimum atomic E-state index is -0.317. The van der Waals surface area contributed by atoms with Crippen molar-refractivity contribution in [2.75, 3.05) is 37.2 Å². The molecule has 2 aliphatic heterocycles. The van der Waals surface area contributed by atoms with E-state index < -0.39 is 0 Å². The van der Waals surface area contributed by atoms with Crippen LogP contribution in [0.5, 0.6) is 11.5 Å². The zero-order valence-corrected chi connectivity index (χ0v) is 15.6. The molecule has 0 unspecified atom stereocenters. The monoisotopic (exact) mass is 386 g/mol. The number of ether oxygens (including phenoxy) is 3. The molecule has 0 atom stereocenters. The number of anilines is 2. The summed E-state index contributed by atoms with van der Waals surface area (Å²) in [5.41, 5.74) is 0.862. The van der Waals surface area contributed by atoms with Gasteiger partial charge in [0.2, 0.25) is 18.6 Å². The van der Waals surface area contributed by atoms with Gasteiger partial charge in [0.1, 0.15) is 6.54 Å². The maximum atomic E-state index is 12.7. The van der Waals surface area contributed by atoms with E-state index >= 15 is 0 Å². The van der Waals surface area contributed by atoms with Crippen molar-refractivity contribution in [3.8, 4) is 11.5 Å². The van der Waals surface area contributed by atoms with Gasteiger partial charge in [-0.3, -0.25) is 14.2 Å². The molecule has 2 aliphatic rings. The minimum absolute atomic E-state index is 0.126. The van der Waals surface area contributed by atoms with Crippen molar-refractivity contribution in [1.82, 2.24) is 9.55 Å². The maximum Gasteiger partial charge on any atom is 0.255 e. The fraction of sp³-hybridized carbons (Fsp3) is 0.421. The number of methoxy groups -OCH3 is 1. The molecule has 1 N–H and O–H groups in total. The molecular formula is C19H22N4O5. The Bertz CT molecular complexity index is 936. The van der Waals surface area contributed by atoms with Crippen LogP contribution in [0.2, 0.25) is 0 Å². The molecule has 0 radical (unpaired) electrons. The van der Waals surface area contributed by atoms with E-state index in [0.717, 1.165) is 25.9 Å². The number of hydrogen-bond donors (Lipinski definition) is 1. The summed E-state index contributed by atoms with van der Waals surface area (Å²) in [6.45, 7) is 1.92. The van der Waals surface area contributed by atoms with Crippen molar-refractivity contribution < 1.29 is 19.0 Å². The second-order valence-corrected chi connectivity index (χ2v) is 6.72. The lowest BCUT2D eigenvalue weighted by atomic mass is 10.2. The van der Waals surface area contributed by atoms with Crippen molar-refractivity contribution in [2.24, 2.45) is 0 Å². The summed E-state index contributed by atoms with van der Waals surface area (Å²) in [5.74, 6) is 1.42. The van der Waals surface area contributed by atoms with Crippen LogP contribution < -0.4 is 25.2 Å². The molecule has 3 heterocycles. The first-order valence-electron chi connectivity index (χ1n) is 9.18. The molecule has 0 bridgehead atoms. The number of nitrogens with zero attached hydrogens (tertiary/aromatic N) is 3. The summed E-state index contributed by atoms with van der Waals surface area (Å²) in [4.78, 5) is 31.9. The molecule has 28 heavy (non-hydrogen) atoms. The maximum absolute atomic E-state index is 12.7. The lowest BCUT2D eigenvalue weighted by Crippen LogP contribution is -2.34. The normalized spacial score (nSPS) is 15.1. The Morgan fingerprint density at radius 3 is 2.79 bits per heavy atom. The van der Waals surface area contributed by atoms with E-state index in [4.69, 9.17) is 14.2 Å². The summed E-state index contributed by atoms with van der Waals surface area (Å²) in [6, 6.07) is 6.58. The number of carbonyl (C=O) groups is 1. The van der Waals surface area contributed by atoms with Crippen LogP contribution in [0.4, 0.5) is 11.6 Å². The van der Waals surface area contributed by atoms with Gasteiger partial charge in [0.15, 0.2) is 11.5 Å². The van der Waals surface area contributed by atoms with Gasteiger partial charge in [-0.25, -0.2) is 4.98 Å². The SMILES string of the molecule is COCc1cc(=O)n(CC(=O)Nc2ccc3c(c2)OCO3)c(N2CCCC2)n1. The van der Waals surface area contributed by atoms with E-state index in [2.05, 4.69) is 10.3 Å². The number of carbonyl (C=O) groups excluding carboxylic acids is 1. The third kappa shape index (κ3) is 3.79. The van der Waals surface area contributed by atoms with Gasteiger partial charge in [-0.1, -0.05) is 0 Å². The van der Waals surface area contributed by atoms with E-state index in [-0.39, 0.29) is 31.4 Å². The highest BCUT2D eigenvalue weighted by molar-refractivity contribution is 5.91. The highest BCUT2D eigenvalue weighted by Gasteiger charge is 2.21. The summed E-state index contributed by atoms with van der Waals surface area (Å²) < 4.78 is 17.1. The van der Waals surface area contributed by atoms with Gasteiger partial charge in [0.05, 0.1) is 12.3 Å². The van der Waals surface area contributed by atoms with E-state index in [0.29, 0.717) is 28.8 Å². The smallest absolute Gasteiger partial charge is 0.255 e. The highest BCUT2D eigenvalue weighted by atomic mass is 16.7. The Morgan fingerprint density at radius 2 is 2.00 bits per heavy atom. The van der Waals surface area contributed by atoms with E-state index in [9.17, 15) is 9.59 Å². The van der Waals surface area contributed by atoms with Crippen LogP contribution in [0.1, 0.15) is 18.5 Å². The molecule has 1 saturated heterocycles. The van der Waals surface area contributed by atoms with Gasteiger partial charge in [-0.2, -0.15) is 0 Å². The van der Waals surface area contributed by atoms with Crippen LogP contribution in [0.3, 0.4) is 0 Å². The zero-order valence-electron chi connectivity index (χ0n) is 15.6. The van der Waals surface area contributed by atoms with Gasteiger partial charge in [0, 0.05) is 38.0 Å². The molecule has 148 valence electrons. The van der Waals surface area contributed by atoms with Crippen LogP contribution in [-0.2, 0) is 22.7 Å². The molecule has 0 aliphatic carbocycles. The van der Waals surface area contributed by atoms with Crippen molar-refractivity contribution in [2.45, 2.75) is 26.0 Å². The summed E-state index contributed by atoms with van der Waals surface area (Å²) in [5, 5.41) is 2.80. The van der Waals surface area contributed by atoms with Crippen LogP contribution in [0.15, 0.2) is 29.1 Å². The lowest BCUT2D eigenvalue weighted by Gasteiger charge is -2.21. The third-order valence-electron chi connectivity index (χ3n) is 4.68. The predicted octanol–water partition coefficient (Wildman–Crippen LogP) is 1.36. The molecule has 1 amide bonds. The average Bonchev–Trinajstić information content (AvgIpc) is 3.35. The first-order valence-corrected chi connectivity index (χ1v) is 9.18. The largest absolute Gasteiger partial charge is 0.454 e. The number of aromatic nitrogens is 2. The Labute approximate surface area is 161 Å². The fourth-order valence-corrected chi connectivity index (χ4v) is 3.39. The number of fused-ring (bicyclic) bond motifs is 1. The summed E-state index contributed by atoms with van der Waals surface area (Å²) in [7, 11) is 1.56. The number of benzene rings is 1. The lowest BCUT2D eigenvalue weighted by molar-refractivity contribution is -0.116. The Kier molecular flexibility index (Phi) is 5.16. The van der Waals surface area contributed by atoms with E-state index in [1.807, 2.05) is 4.90 Å². The average molecular weight is 386 g/mol. The zero-order chi connectivity index (χ0) is 19.5. The number of hydrogen-bond acceptors (Lipinski definition) is 7. The number of amides is 1. The quantitative estimate of drug-likeness (QED) is 0.801. The molecule has 9 heteroatoms. The van der Waals surface area contributed by atoms with Crippen LogP contribution in [0, 0.1) is 0 Å². The molecule has 4 rings (SSSR count). The third-order valence-corrected chi connectivity index (χ3v) is 4.68. The Balaban J connectivity index is 1.56. The van der Waals surface area contributed by atoms with Crippen LogP contribution >= 0.6 is 0 Å². The van der Waals surface area contributed by atoms with Gasteiger partial charge < -0.3 is 24.4 Å². The van der Waals surface area contributed by atoms with Crippen molar-refractivity contribution in [1.29, 1.82) is 0 Å². The molecule has 1 aromatic carbocycles. The van der Waals surface area contributed by atoms with Crippen LogP contribution in [-0.4, -0.2) is 42.5 Å². The molecular weight excluding hydrogens is 364 g/mol. The summed E-state index contributed by atoms with van der Waals surface area (Å²) >= 11 is 0. The molecule has 0 saturated carbocycles. The summed E-state index contributed by atoms with van der Waals surface area (Å²) in [6.07, 6.45) is 2.07. The molecule has 1 fully saturated rings. The topological polar surface area (TPSA) is 94.9 Å².